The maximum atomic E-state index is 5.53. The summed E-state index contributed by atoms with van der Waals surface area (Å²) in [4.78, 5) is 2.60. The Hall–Kier alpha value is -0.160. The van der Waals surface area contributed by atoms with E-state index in [9.17, 15) is 0 Å². The van der Waals surface area contributed by atoms with Crippen molar-refractivity contribution in [2.45, 2.75) is 31.8 Å². The number of nitrogens with one attached hydrogen (secondary N) is 1. The molecule has 2 aliphatic rings. The average molecular weight is 256 g/mol. The molecule has 1 unspecified atom stereocenters. The lowest BCUT2D eigenvalue weighted by Gasteiger charge is -2.43. The van der Waals surface area contributed by atoms with E-state index in [2.05, 4.69) is 17.3 Å². The smallest absolute Gasteiger partial charge is 0.0698 e. The van der Waals surface area contributed by atoms with E-state index in [1.54, 1.807) is 0 Å². The number of nitrogens with zero attached hydrogens (tertiary/aromatic N) is 1. The Morgan fingerprint density at radius 2 is 2.17 bits per heavy atom. The van der Waals surface area contributed by atoms with E-state index in [0.717, 1.165) is 26.3 Å². The van der Waals surface area contributed by atoms with E-state index in [1.165, 1.54) is 38.8 Å². The van der Waals surface area contributed by atoms with Gasteiger partial charge in [-0.05, 0) is 44.7 Å². The van der Waals surface area contributed by atoms with Crippen molar-refractivity contribution in [1.29, 1.82) is 0 Å². The van der Waals surface area contributed by atoms with Crippen LogP contribution >= 0.6 is 0 Å². The first-order valence-corrected chi connectivity index (χ1v) is 7.25. The van der Waals surface area contributed by atoms with Crippen LogP contribution in [-0.2, 0) is 9.47 Å². The van der Waals surface area contributed by atoms with Gasteiger partial charge in [-0.3, -0.25) is 0 Å². The van der Waals surface area contributed by atoms with E-state index in [0.29, 0.717) is 11.5 Å². The third-order valence-corrected chi connectivity index (χ3v) is 4.46. The highest BCUT2D eigenvalue weighted by Crippen LogP contribution is 2.32. The van der Waals surface area contributed by atoms with Crippen LogP contribution < -0.4 is 5.32 Å². The fourth-order valence-electron chi connectivity index (χ4n) is 3.39. The zero-order chi connectivity index (χ0) is 12.8. The normalized spacial score (nSPS) is 29.3. The predicted molar refractivity (Wildman–Crippen MR) is 72.9 cm³/mol. The molecule has 0 amide bonds. The zero-order valence-electron chi connectivity index (χ0n) is 11.9. The molecule has 0 aliphatic carbocycles. The predicted octanol–water partition coefficient (Wildman–Crippen LogP) is 1.11. The zero-order valence-corrected chi connectivity index (χ0v) is 11.9. The molecule has 2 aliphatic heterocycles. The first kappa shape index (κ1) is 14.3. The quantitative estimate of drug-likeness (QED) is 0.799. The summed E-state index contributed by atoms with van der Waals surface area (Å²) in [6.07, 6.45) is 5.29. The van der Waals surface area contributed by atoms with Gasteiger partial charge < -0.3 is 19.7 Å². The molecular formula is C14H28N2O2. The van der Waals surface area contributed by atoms with Crippen LogP contribution in [0, 0.1) is 5.41 Å². The van der Waals surface area contributed by atoms with E-state index >= 15 is 0 Å². The van der Waals surface area contributed by atoms with Crippen molar-refractivity contribution >= 4 is 0 Å². The van der Waals surface area contributed by atoms with Gasteiger partial charge in [0, 0.05) is 40.0 Å². The van der Waals surface area contributed by atoms with Crippen LogP contribution in [0.15, 0.2) is 0 Å². The monoisotopic (exact) mass is 256 g/mol. The van der Waals surface area contributed by atoms with Crippen molar-refractivity contribution in [2.24, 2.45) is 5.41 Å². The lowest BCUT2D eigenvalue weighted by atomic mass is 9.79. The molecule has 106 valence electrons. The molecular weight excluding hydrogens is 228 g/mol. The summed E-state index contributed by atoms with van der Waals surface area (Å²) < 4.78 is 11.1. The summed E-state index contributed by atoms with van der Waals surface area (Å²) in [6, 6.07) is 0. The van der Waals surface area contributed by atoms with Crippen LogP contribution in [0.5, 0.6) is 0 Å². The second kappa shape index (κ2) is 6.85. The molecule has 2 fully saturated rings. The van der Waals surface area contributed by atoms with Gasteiger partial charge in [0.1, 0.15) is 0 Å². The summed E-state index contributed by atoms with van der Waals surface area (Å²) in [6.45, 7) is 6.46. The fourth-order valence-corrected chi connectivity index (χ4v) is 3.39. The molecule has 0 spiro atoms. The molecule has 1 N–H and O–H groups in total. The van der Waals surface area contributed by atoms with Crippen LogP contribution in [0.2, 0.25) is 0 Å². The highest BCUT2D eigenvalue weighted by molar-refractivity contribution is 4.88. The maximum absolute atomic E-state index is 5.53. The number of rotatable bonds is 5. The van der Waals surface area contributed by atoms with Crippen molar-refractivity contribution in [2.75, 3.05) is 53.6 Å². The Labute approximate surface area is 111 Å². The van der Waals surface area contributed by atoms with E-state index < -0.39 is 0 Å². The molecule has 2 heterocycles. The molecule has 2 saturated heterocycles. The van der Waals surface area contributed by atoms with Crippen LogP contribution in [0.4, 0.5) is 0 Å². The van der Waals surface area contributed by atoms with Crippen LogP contribution in [0.1, 0.15) is 25.7 Å². The van der Waals surface area contributed by atoms with Crippen molar-refractivity contribution in [1.82, 2.24) is 10.2 Å². The van der Waals surface area contributed by atoms with Gasteiger partial charge in [-0.1, -0.05) is 0 Å². The SMILES string of the molecule is CNCC1(CN2CCCC(OC)C2)CCOCC1. The summed E-state index contributed by atoms with van der Waals surface area (Å²) in [5.74, 6) is 0. The van der Waals surface area contributed by atoms with Gasteiger partial charge >= 0.3 is 0 Å². The van der Waals surface area contributed by atoms with E-state index in [4.69, 9.17) is 9.47 Å². The number of hydrogen-bond acceptors (Lipinski definition) is 4. The number of hydrogen-bond donors (Lipinski definition) is 1. The van der Waals surface area contributed by atoms with Crippen molar-refractivity contribution in [3.05, 3.63) is 0 Å². The molecule has 18 heavy (non-hydrogen) atoms. The third kappa shape index (κ3) is 3.67. The number of piperidine rings is 1. The van der Waals surface area contributed by atoms with Gasteiger partial charge in [0.25, 0.3) is 0 Å². The molecule has 0 bridgehead atoms. The largest absolute Gasteiger partial charge is 0.381 e. The number of ether oxygens (including phenoxy) is 2. The highest BCUT2D eigenvalue weighted by Gasteiger charge is 2.35. The van der Waals surface area contributed by atoms with Crippen LogP contribution in [-0.4, -0.2) is 64.6 Å². The van der Waals surface area contributed by atoms with Crippen LogP contribution in [0.3, 0.4) is 0 Å². The average Bonchev–Trinajstić information content (AvgIpc) is 2.40. The van der Waals surface area contributed by atoms with Gasteiger partial charge in [-0.25, -0.2) is 0 Å². The molecule has 0 radical (unpaired) electrons. The highest BCUT2D eigenvalue weighted by atomic mass is 16.5. The fraction of sp³-hybridized carbons (Fsp3) is 1.00. The summed E-state index contributed by atoms with van der Waals surface area (Å²) >= 11 is 0. The lowest BCUT2D eigenvalue weighted by Crippen LogP contribution is -2.50. The van der Waals surface area contributed by atoms with Crippen LogP contribution in [0.25, 0.3) is 0 Å². The van der Waals surface area contributed by atoms with Gasteiger partial charge in [0.15, 0.2) is 0 Å². The first-order valence-electron chi connectivity index (χ1n) is 7.25. The Balaban J connectivity index is 1.91. The van der Waals surface area contributed by atoms with E-state index in [1.807, 2.05) is 7.11 Å². The lowest BCUT2D eigenvalue weighted by molar-refractivity contribution is -0.0266. The minimum absolute atomic E-state index is 0.405. The van der Waals surface area contributed by atoms with Crippen molar-refractivity contribution < 1.29 is 9.47 Å². The Bertz CT molecular complexity index is 236. The van der Waals surface area contributed by atoms with E-state index in [-0.39, 0.29) is 0 Å². The summed E-state index contributed by atoms with van der Waals surface area (Å²) in [7, 11) is 3.90. The van der Waals surface area contributed by atoms with Crippen molar-refractivity contribution in [3.63, 3.8) is 0 Å². The standard InChI is InChI=1S/C14H28N2O2/c1-15-11-14(5-8-18-9-6-14)12-16-7-3-4-13(10-16)17-2/h13,15H,3-12H2,1-2H3. The molecule has 2 rings (SSSR count). The summed E-state index contributed by atoms with van der Waals surface area (Å²) in [5.41, 5.74) is 0.405. The molecule has 0 saturated carbocycles. The first-order chi connectivity index (χ1) is 8.78. The number of methoxy groups -OCH3 is 1. The van der Waals surface area contributed by atoms with Gasteiger partial charge in [0.05, 0.1) is 6.10 Å². The molecule has 0 aromatic heterocycles. The molecule has 0 aromatic carbocycles. The van der Waals surface area contributed by atoms with Gasteiger partial charge in [-0.15, -0.1) is 0 Å². The Kier molecular flexibility index (Phi) is 5.42. The Morgan fingerprint density at radius 1 is 1.39 bits per heavy atom. The minimum Gasteiger partial charge on any atom is -0.381 e. The minimum atomic E-state index is 0.405. The maximum Gasteiger partial charge on any atom is 0.0698 e. The second-order valence-electron chi connectivity index (χ2n) is 5.88. The molecule has 4 heteroatoms. The molecule has 4 nitrogen and oxygen atoms in total. The topological polar surface area (TPSA) is 33.7 Å². The molecule has 0 aromatic rings. The second-order valence-corrected chi connectivity index (χ2v) is 5.88. The van der Waals surface area contributed by atoms with Gasteiger partial charge in [-0.2, -0.15) is 0 Å². The Morgan fingerprint density at radius 3 is 2.83 bits per heavy atom. The molecule has 1 atom stereocenters. The van der Waals surface area contributed by atoms with Gasteiger partial charge in [0.2, 0.25) is 0 Å². The van der Waals surface area contributed by atoms with Crippen molar-refractivity contribution in [3.8, 4) is 0 Å². The number of likely N-dealkylation sites (tertiary alicyclic amines) is 1. The third-order valence-electron chi connectivity index (χ3n) is 4.46. The summed E-state index contributed by atoms with van der Waals surface area (Å²) in [5, 5.41) is 3.38.